The molecule has 0 aliphatic heterocycles. The van der Waals surface area contributed by atoms with Crippen LogP contribution in [-0.2, 0) is 16.0 Å². The van der Waals surface area contributed by atoms with Gasteiger partial charge in [-0.15, -0.1) is 11.3 Å². The largest absolute Gasteiger partial charge is 0.368 e. The van der Waals surface area contributed by atoms with Gasteiger partial charge in [0.1, 0.15) is 5.54 Å². The number of thiophene rings is 1. The maximum Gasteiger partial charge on any atom is 0.243 e. The second-order valence-electron chi connectivity index (χ2n) is 5.66. The summed E-state index contributed by atoms with van der Waals surface area (Å²) in [5.41, 5.74) is 11.6. The van der Waals surface area contributed by atoms with Gasteiger partial charge in [-0.25, -0.2) is 0 Å². The molecule has 2 rings (SSSR count). The van der Waals surface area contributed by atoms with Crippen molar-refractivity contribution in [2.45, 2.75) is 50.1 Å². The van der Waals surface area contributed by atoms with Crippen LogP contribution in [0.4, 0.5) is 0 Å². The minimum absolute atomic E-state index is 0.324. The number of amides is 2. The molecule has 2 amide bonds. The number of carbonyl (C=O) groups excluding carboxylic acids is 2. The smallest absolute Gasteiger partial charge is 0.243 e. The lowest BCUT2D eigenvalue weighted by atomic mass is 9.81. The Hall–Kier alpha value is -0.440. The first kappa shape index (κ1) is 17.9. The third-order valence-electron chi connectivity index (χ3n) is 4.05. The van der Waals surface area contributed by atoms with E-state index in [1.54, 1.807) is 0 Å². The van der Waals surface area contributed by atoms with Crippen LogP contribution in [0.1, 0.15) is 37.7 Å². The third-order valence-corrected chi connectivity index (χ3v) is 6.51. The van der Waals surface area contributed by atoms with Crippen molar-refractivity contribution in [2.24, 2.45) is 11.5 Å². The van der Waals surface area contributed by atoms with Crippen molar-refractivity contribution in [3.63, 3.8) is 0 Å². The molecule has 1 aromatic heterocycles. The van der Waals surface area contributed by atoms with Crippen molar-refractivity contribution in [2.75, 3.05) is 0 Å². The first-order valence-electron chi connectivity index (χ1n) is 7.15. The number of rotatable bonds is 5. The van der Waals surface area contributed by atoms with Crippen molar-refractivity contribution >= 4 is 55.0 Å². The van der Waals surface area contributed by atoms with E-state index in [4.69, 9.17) is 11.5 Å². The zero-order chi connectivity index (χ0) is 16.3. The zero-order valence-electron chi connectivity index (χ0n) is 12.0. The molecule has 0 bridgehead atoms. The number of carbonyl (C=O) groups is 2. The average Bonchev–Trinajstić information content (AvgIpc) is 2.77. The fraction of sp³-hybridized carbons (Fsp3) is 0.571. The highest BCUT2D eigenvalue weighted by molar-refractivity contribution is 9.12. The lowest BCUT2D eigenvalue weighted by molar-refractivity contribution is -0.133. The Morgan fingerprint density at radius 3 is 2.45 bits per heavy atom. The van der Waals surface area contributed by atoms with Crippen LogP contribution >= 0.6 is 43.2 Å². The van der Waals surface area contributed by atoms with Gasteiger partial charge in [-0.2, -0.15) is 0 Å². The monoisotopic (exact) mass is 451 g/mol. The van der Waals surface area contributed by atoms with Crippen molar-refractivity contribution in [1.29, 1.82) is 0 Å². The summed E-state index contributed by atoms with van der Waals surface area (Å²) in [7, 11) is 0. The highest BCUT2D eigenvalue weighted by Gasteiger charge is 2.40. The molecule has 5 nitrogen and oxygen atoms in total. The molecule has 122 valence electrons. The van der Waals surface area contributed by atoms with Gasteiger partial charge in [-0.1, -0.05) is 19.3 Å². The highest BCUT2D eigenvalue weighted by atomic mass is 79.9. The van der Waals surface area contributed by atoms with E-state index in [1.165, 1.54) is 11.3 Å². The van der Waals surface area contributed by atoms with E-state index in [-0.39, 0.29) is 5.91 Å². The molecule has 22 heavy (non-hydrogen) atoms. The molecule has 1 aliphatic carbocycles. The van der Waals surface area contributed by atoms with Crippen LogP contribution in [-0.4, -0.2) is 23.4 Å². The molecule has 0 radical (unpaired) electrons. The number of nitrogens with two attached hydrogens (primary N) is 2. The summed E-state index contributed by atoms with van der Waals surface area (Å²) >= 11 is 8.39. The molecule has 1 aliphatic rings. The second-order valence-corrected chi connectivity index (χ2v) is 9.41. The Morgan fingerprint density at radius 1 is 1.32 bits per heavy atom. The first-order chi connectivity index (χ1) is 10.3. The molecule has 0 spiro atoms. The van der Waals surface area contributed by atoms with Crippen molar-refractivity contribution in [1.82, 2.24) is 5.32 Å². The molecule has 1 aromatic rings. The Balaban J connectivity index is 2.03. The molecule has 5 N–H and O–H groups in total. The van der Waals surface area contributed by atoms with Crippen LogP contribution in [0.3, 0.4) is 0 Å². The lowest BCUT2D eigenvalue weighted by Gasteiger charge is -2.35. The topological polar surface area (TPSA) is 98.2 Å². The number of halogens is 2. The van der Waals surface area contributed by atoms with Gasteiger partial charge in [0.05, 0.1) is 13.6 Å². The van der Waals surface area contributed by atoms with Gasteiger partial charge in [-0.05, 0) is 62.8 Å². The molecule has 1 unspecified atom stereocenters. The van der Waals surface area contributed by atoms with Gasteiger partial charge in [0.15, 0.2) is 0 Å². The molecule has 0 aromatic carbocycles. The van der Waals surface area contributed by atoms with Crippen LogP contribution < -0.4 is 16.8 Å². The standard InChI is InChI=1S/C14H19Br2N3O2S/c15-10-7-8(11(16)22-10)6-9(17)12(20)19-14(13(18)21)4-2-1-3-5-14/h7,9H,1-6,17H2,(H2,18,21)(H,19,20). The quantitative estimate of drug-likeness (QED) is 0.639. The Bertz CT molecular complexity index is 570. The number of primary amides is 1. The van der Waals surface area contributed by atoms with Crippen molar-refractivity contribution < 1.29 is 9.59 Å². The fourth-order valence-electron chi connectivity index (χ4n) is 2.76. The number of nitrogens with one attached hydrogen (secondary N) is 1. The molecule has 1 atom stereocenters. The van der Waals surface area contributed by atoms with E-state index in [0.29, 0.717) is 19.3 Å². The normalized spacial score (nSPS) is 18.7. The summed E-state index contributed by atoms with van der Waals surface area (Å²) in [4.78, 5) is 24.2. The predicted octanol–water partition coefficient (Wildman–Crippen LogP) is 2.45. The van der Waals surface area contributed by atoms with Crippen LogP contribution in [0.2, 0.25) is 0 Å². The lowest BCUT2D eigenvalue weighted by Crippen LogP contribution is -2.61. The molecule has 0 saturated heterocycles. The van der Waals surface area contributed by atoms with Crippen molar-refractivity contribution in [3.8, 4) is 0 Å². The molecule has 1 fully saturated rings. The Morgan fingerprint density at radius 2 is 1.95 bits per heavy atom. The summed E-state index contributed by atoms with van der Waals surface area (Å²) in [6, 6.07) is 1.22. The van der Waals surface area contributed by atoms with Gasteiger partial charge >= 0.3 is 0 Å². The SMILES string of the molecule is NC(=O)C1(NC(=O)C(N)Cc2cc(Br)sc2Br)CCCCC1. The van der Waals surface area contributed by atoms with Crippen molar-refractivity contribution in [3.05, 3.63) is 19.2 Å². The van der Waals surface area contributed by atoms with Gasteiger partial charge in [0.25, 0.3) is 0 Å². The molecule has 8 heteroatoms. The molecule has 1 heterocycles. The second kappa shape index (κ2) is 7.42. The van der Waals surface area contributed by atoms with Crippen LogP contribution in [0.5, 0.6) is 0 Å². The predicted molar refractivity (Wildman–Crippen MR) is 94.6 cm³/mol. The first-order valence-corrected chi connectivity index (χ1v) is 9.55. The summed E-state index contributed by atoms with van der Waals surface area (Å²) in [5, 5.41) is 2.82. The average molecular weight is 453 g/mol. The Labute approximate surface area is 150 Å². The van der Waals surface area contributed by atoms with Gasteiger partial charge in [0.2, 0.25) is 11.8 Å². The Kier molecular flexibility index (Phi) is 6.04. The van der Waals surface area contributed by atoms with Gasteiger partial charge in [-0.3, -0.25) is 9.59 Å². The van der Waals surface area contributed by atoms with E-state index >= 15 is 0 Å². The maximum absolute atomic E-state index is 12.4. The van der Waals surface area contributed by atoms with E-state index in [0.717, 1.165) is 32.4 Å². The van der Waals surface area contributed by atoms with E-state index in [1.807, 2.05) is 6.07 Å². The number of hydrogen-bond donors (Lipinski definition) is 3. The third kappa shape index (κ3) is 4.10. The molecular weight excluding hydrogens is 434 g/mol. The maximum atomic E-state index is 12.4. The summed E-state index contributed by atoms with van der Waals surface area (Å²) < 4.78 is 1.92. The highest BCUT2D eigenvalue weighted by Crippen LogP contribution is 2.33. The van der Waals surface area contributed by atoms with E-state index in [9.17, 15) is 9.59 Å². The minimum atomic E-state index is -0.931. The van der Waals surface area contributed by atoms with Crippen LogP contribution in [0.15, 0.2) is 13.6 Å². The van der Waals surface area contributed by atoms with Gasteiger partial charge < -0.3 is 16.8 Å². The minimum Gasteiger partial charge on any atom is -0.368 e. The summed E-state index contributed by atoms with van der Waals surface area (Å²) in [6.45, 7) is 0. The molecular formula is C14H19Br2N3O2S. The summed E-state index contributed by atoms with van der Waals surface area (Å²) in [6.07, 6.45) is 4.43. The van der Waals surface area contributed by atoms with Crippen LogP contribution in [0, 0.1) is 0 Å². The zero-order valence-corrected chi connectivity index (χ0v) is 16.0. The summed E-state index contributed by atoms with van der Waals surface area (Å²) in [5.74, 6) is -0.790. The van der Waals surface area contributed by atoms with E-state index < -0.39 is 17.5 Å². The fourth-order valence-corrected chi connectivity index (χ4v) is 5.62. The van der Waals surface area contributed by atoms with E-state index in [2.05, 4.69) is 37.2 Å². The number of hydrogen-bond acceptors (Lipinski definition) is 4. The molecule has 1 saturated carbocycles. The van der Waals surface area contributed by atoms with Gasteiger partial charge in [0, 0.05) is 0 Å². The van der Waals surface area contributed by atoms with Crippen LogP contribution in [0.25, 0.3) is 0 Å².